The summed E-state index contributed by atoms with van der Waals surface area (Å²) in [6.07, 6.45) is 2.69. The lowest BCUT2D eigenvalue weighted by molar-refractivity contribution is 0.306. The average Bonchev–Trinajstić information content (AvgIpc) is 2.77. The topological polar surface area (TPSA) is 47.0 Å². The van der Waals surface area contributed by atoms with Gasteiger partial charge in [-0.25, -0.2) is 9.97 Å². The van der Waals surface area contributed by atoms with Gasteiger partial charge < -0.3 is 10.1 Å². The number of hydrogen-bond donors (Lipinski definition) is 1. The minimum atomic E-state index is 0.641. The quantitative estimate of drug-likeness (QED) is 0.781. The molecule has 0 saturated carbocycles. The number of nitrogens with zero attached hydrogens (tertiary/aromatic N) is 2. The van der Waals surface area contributed by atoms with Crippen LogP contribution in [-0.4, -0.2) is 29.7 Å². The number of ether oxygens (including phenoxy) is 1. The molecule has 2 aromatic rings. The third kappa shape index (κ3) is 2.68. The van der Waals surface area contributed by atoms with E-state index < -0.39 is 0 Å². The highest BCUT2D eigenvalue weighted by molar-refractivity contribution is 7.16. The maximum absolute atomic E-state index is 5.62. The summed E-state index contributed by atoms with van der Waals surface area (Å²) in [6, 6.07) is 1.99. The van der Waals surface area contributed by atoms with E-state index in [1.54, 1.807) is 17.7 Å². The van der Waals surface area contributed by atoms with E-state index in [4.69, 9.17) is 4.74 Å². The molecule has 0 spiro atoms. The first-order valence-electron chi connectivity index (χ1n) is 5.43. The second kappa shape index (κ2) is 5.77. The van der Waals surface area contributed by atoms with Crippen LogP contribution in [0.4, 0.5) is 0 Å². The smallest absolute Gasteiger partial charge is 0.225 e. The fourth-order valence-corrected chi connectivity index (χ4v) is 2.13. The Kier molecular flexibility index (Phi) is 4.07. The summed E-state index contributed by atoms with van der Waals surface area (Å²) in [6.45, 7) is 4.67. The summed E-state index contributed by atoms with van der Waals surface area (Å²) in [5.41, 5.74) is 0. The van der Waals surface area contributed by atoms with Gasteiger partial charge in [0.15, 0.2) is 0 Å². The molecule has 0 radical (unpaired) electrons. The van der Waals surface area contributed by atoms with Crippen LogP contribution in [0.3, 0.4) is 0 Å². The third-order valence-electron chi connectivity index (χ3n) is 2.17. The largest absolute Gasteiger partial charge is 0.476 e. The fraction of sp³-hybridized carbons (Fsp3) is 0.455. The highest BCUT2D eigenvalue weighted by Crippen LogP contribution is 2.25. The summed E-state index contributed by atoms with van der Waals surface area (Å²) in [5, 5.41) is 6.29. The van der Waals surface area contributed by atoms with Gasteiger partial charge >= 0.3 is 0 Å². The van der Waals surface area contributed by atoms with Crippen LogP contribution < -0.4 is 10.1 Å². The van der Waals surface area contributed by atoms with Crippen LogP contribution in [0.25, 0.3) is 10.2 Å². The van der Waals surface area contributed by atoms with Gasteiger partial charge in [-0.05, 0) is 24.4 Å². The normalized spacial score (nSPS) is 10.8. The molecule has 2 rings (SSSR count). The van der Waals surface area contributed by atoms with Crippen molar-refractivity contribution >= 4 is 21.6 Å². The molecule has 86 valence electrons. The minimum absolute atomic E-state index is 0.641. The van der Waals surface area contributed by atoms with Crippen molar-refractivity contribution in [3.63, 3.8) is 0 Å². The van der Waals surface area contributed by atoms with Crippen molar-refractivity contribution in [1.82, 2.24) is 15.3 Å². The van der Waals surface area contributed by atoms with Gasteiger partial charge in [0.2, 0.25) is 5.88 Å². The molecule has 0 aromatic carbocycles. The Bertz CT molecular complexity index is 443. The van der Waals surface area contributed by atoms with Crippen molar-refractivity contribution in [2.45, 2.75) is 13.3 Å². The van der Waals surface area contributed by atoms with Crippen molar-refractivity contribution in [3.05, 3.63) is 17.8 Å². The van der Waals surface area contributed by atoms with Gasteiger partial charge in [0.05, 0.1) is 5.39 Å². The molecule has 2 heterocycles. The monoisotopic (exact) mass is 237 g/mol. The second-order valence-electron chi connectivity index (χ2n) is 3.42. The van der Waals surface area contributed by atoms with Crippen molar-refractivity contribution in [3.8, 4) is 5.88 Å². The summed E-state index contributed by atoms with van der Waals surface area (Å²) < 4.78 is 5.62. The SMILES string of the molecule is CCCNCCOc1ncnc2sccc12. The van der Waals surface area contributed by atoms with Crippen molar-refractivity contribution in [2.24, 2.45) is 0 Å². The van der Waals surface area contributed by atoms with Crippen LogP contribution in [0.2, 0.25) is 0 Å². The molecular weight excluding hydrogens is 222 g/mol. The number of fused-ring (bicyclic) bond motifs is 1. The average molecular weight is 237 g/mol. The van der Waals surface area contributed by atoms with E-state index >= 15 is 0 Å². The molecule has 0 aliphatic carbocycles. The molecule has 0 aliphatic rings. The Morgan fingerprint density at radius 3 is 3.19 bits per heavy atom. The van der Waals surface area contributed by atoms with Crippen LogP contribution in [-0.2, 0) is 0 Å². The molecule has 0 bridgehead atoms. The number of hydrogen-bond acceptors (Lipinski definition) is 5. The van der Waals surface area contributed by atoms with E-state index in [0.717, 1.165) is 29.7 Å². The number of nitrogens with one attached hydrogen (secondary N) is 1. The van der Waals surface area contributed by atoms with Crippen LogP contribution in [0.5, 0.6) is 5.88 Å². The summed E-state index contributed by atoms with van der Waals surface area (Å²) in [7, 11) is 0. The van der Waals surface area contributed by atoms with Gasteiger partial charge in [0.25, 0.3) is 0 Å². The first-order chi connectivity index (χ1) is 7.92. The highest BCUT2D eigenvalue weighted by atomic mass is 32.1. The van der Waals surface area contributed by atoms with Crippen molar-refractivity contribution < 1.29 is 4.74 Å². The van der Waals surface area contributed by atoms with Gasteiger partial charge in [0, 0.05) is 6.54 Å². The first kappa shape index (κ1) is 11.3. The molecule has 1 N–H and O–H groups in total. The molecule has 0 fully saturated rings. The lowest BCUT2D eigenvalue weighted by Gasteiger charge is -2.06. The van der Waals surface area contributed by atoms with E-state index in [9.17, 15) is 0 Å². The summed E-state index contributed by atoms with van der Waals surface area (Å²) >= 11 is 1.60. The van der Waals surface area contributed by atoms with Gasteiger partial charge in [-0.2, -0.15) is 0 Å². The van der Waals surface area contributed by atoms with Crippen LogP contribution in [0, 0.1) is 0 Å². The maximum atomic E-state index is 5.62. The molecule has 0 amide bonds. The summed E-state index contributed by atoms with van der Waals surface area (Å²) in [4.78, 5) is 9.29. The minimum Gasteiger partial charge on any atom is -0.476 e. The van der Waals surface area contributed by atoms with E-state index in [1.165, 1.54) is 0 Å². The Morgan fingerprint density at radius 2 is 2.31 bits per heavy atom. The Hall–Kier alpha value is -1.20. The molecular formula is C11H15N3OS. The predicted octanol–water partition coefficient (Wildman–Crippen LogP) is 2.07. The molecule has 0 saturated heterocycles. The fourth-order valence-electron chi connectivity index (χ4n) is 1.40. The van der Waals surface area contributed by atoms with Gasteiger partial charge in [-0.1, -0.05) is 6.92 Å². The number of thiophene rings is 1. The molecule has 16 heavy (non-hydrogen) atoms. The Balaban J connectivity index is 1.91. The molecule has 5 heteroatoms. The molecule has 0 aliphatic heterocycles. The van der Waals surface area contributed by atoms with Crippen LogP contribution in [0.15, 0.2) is 17.8 Å². The lowest BCUT2D eigenvalue weighted by Crippen LogP contribution is -2.21. The van der Waals surface area contributed by atoms with Crippen molar-refractivity contribution in [2.75, 3.05) is 19.7 Å². The third-order valence-corrected chi connectivity index (χ3v) is 2.99. The van der Waals surface area contributed by atoms with E-state index in [0.29, 0.717) is 12.5 Å². The van der Waals surface area contributed by atoms with E-state index in [2.05, 4.69) is 22.2 Å². The van der Waals surface area contributed by atoms with E-state index in [1.807, 2.05) is 11.4 Å². The first-order valence-corrected chi connectivity index (χ1v) is 6.31. The zero-order valence-corrected chi connectivity index (χ0v) is 10.1. The Morgan fingerprint density at radius 1 is 1.38 bits per heavy atom. The van der Waals surface area contributed by atoms with Crippen LogP contribution in [0.1, 0.15) is 13.3 Å². The van der Waals surface area contributed by atoms with Crippen molar-refractivity contribution in [1.29, 1.82) is 0 Å². The predicted molar refractivity (Wildman–Crippen MR) is 66.1 cm³/mol. The van der Waals surface area contributed by atoms with E-state index in [-0.39, 0.29) is 0 Å². The zero-order chi connectivity index (χ0) is 11.2. The Labute approximate surface area is 98.7 Å². The number of aromatic nitrogens is 2. The maximum Gasteiger partial charge on any atom is 0.225 e. The lowest BCUT2D eigenvalue weighted by atomic mass is 10.4. The molecule has 2 aromatic heterocycles. The van der Waals surface area contributed by atoms with Crippen LogP contribution >= 0.6 is 11.3 Å². The zero-order valence-electron chi connectivity index (χ0n) is 9.27. The summed E-state index contributed by atoms with van der Waals surface area (Å²) in [5.74, 6) is 0.685. The second-order valence-corrected chi connectivity index (χ2v) is 4.31. The molecule has 4 nitrogen and oxygen atoms in total. The number of rotatable bonds is 6. The standard InChI is InChI=1S/C11H15N3OS/c1-2-4-12-5-6-15-10-9-3-7-16-11(9)14-8-13-10/h3,7-8,12H,2,4-6H2,1H3. The van der Waals surface area contributed by atoms with Gasteiger partial charge in [0.1, 0.15) is 17.8 Å². The van der Waals surface area contributed by atoms with Gasteiger partial charge in [-0.3, -0.25) is 0 Å². The molecule has 0 unspecified atom stereocenters. The highest BCUT2D eigenvalue weighted by Gasteiger charge is 2.04. The molecule has 0 atom stereocenters. The van der Waals surface area contributed by atoms with Gasteiger partial charge in [-0.15, -0.1) is 11.3 Å².